The Balaban J connectivity index is 1.92. The van der Waals surface area contributed by atoms with Gasteiger partial charge in [0, 0.05) is 26.6 Å². The molecule has 0 saturated heterocycles. The number of thioether (sulfide) groups is 1. The van der Waals surface area contributed by atoms with Crippen molar-refractivity contribution in [2.75, 3.05) is 26.5 Å². The molecule has 0 aliphatic heterocycles. The highest BCUT2D eigenvalue weighted by Gasteiger charge is 2.18. The van der Waals surface area contributed by atoms with Gasteiger partial charge in [-0.3, -0.25) is 9.59 Å². The second kappa shape index (κ2) is 10.7. The van der Waals surface area contributed by atoms with Crippen LogP contribution >= 0.6 is 11.8 Å². The van der Waals surface area contributed by atoms with Crippen LogP contribution in [-0.4, -0.2) is 53.3 Å². The summed E-state index contributed by atoms with van der Waals surface area (Å²) in [6, 6.07) is 7.24. The summed E-state index contributed by atoms with van der Waals surface area (Å²) in [5.74, 6) is 2.26. The van der Waals surface area contributed by atoms with E-state index in [-0.39, 0.29) is 30.2 Å². The number of hydrogen-bond acceptors (Lipinski definition) is 7. The van der Waals surface area contributed by atoms with Crippen molar-refractivity contribution in [1.82, 2.24) is 20.4 Å². The number of carbonyl (C=O) groups is 2. The standard InChI is InChI=1S/C19H26N4O4S/c1-5-15(21-18(24)12-28-11-17-20-13(2)27-22-17)14-8-6-7-9-16(14)26-10-19(25)23(3)4/h6-9,15H,5,10-12H2,1-4H3,(H,21,24). The molecule has 1 N–H and O–H groups in total. The summed E-state index contributed by atoms with van der Waals surface area (Å²) in [5.41, 5.74) is 0.851. The number of amides is 2. The Labute approximate surface area is 169 Å². The van der Waals surface area contributed by atoms with E-state index < -0.39 is 0 Å². The smallest absolute Gasteiger partial charge is 0.259 e. The number of nitrogens with one attached hydrogen (secondary N) is 1. The Morgan fingerprint density at radius 1 is 1.32 bits per heavy atom. The number of ether oxygens (including phenoxy) is 1. The summed E-state index contributed by atoms with van der Waals surface area (Å²) in [5, 5.41) is 6.84. The zero-order chi connectivity index (χ0) is 20.5. The second-order valence-electron chi connectivity index (χ2n) is 6.37. The maximum absolute atomic E-state index is 12.4. The average Bonchev–Trinajstić information content (AvgIpc) is 3.09. The molecule has 1 aromatic heterocycles. The van der Waals surface area contributed by atoms with Crippen LogP contribution in [0.5, 0.6) is 5.75 Å². The Morgan fingerprint density at radius 2 is 2.07 bits per heavy atom. The molecule has 1 atom stereocenters. The number of hydrogen-bond donors (Lipinski definition) is 1. The van der Waals surface area contributed by atoms with Crippen LogP contribution in [0.4, 0.5) is 0 Å². The van der Waals surface area contributed by atoms with Crippen LogP contribution in [0.25, 0.3) is 0 Å². The summed E-state index contributed by atoms with van der Waals surface area (Å²) in [6.07, 6.45) is 0.697. The number of rotatable bonds is 10. The van der Waals surface area contributed by atoms with E-state index in [1.165, 1.54) is 16.7 Å². The van der Waals surface area contributed by atoms with E-state index in [0.29, 0.717) is 29.6 Å². The third-order valence-electron chi connectivity index (χ3n) is 3.92. The van der Waals surface area contributed by atoms with Gasteiger partial charge in [-0.1, -0.05) is 30.3 Å². The minimum absolute atomic E-state index is 0.0473. The minimum Gasteiger partial charge on any atom is -0.483 e. The van der Waals surface area contributed by atoms with E-state index in [4.69, 9.17) is 9.26 Å². The number of aryl methyl sites for hydroxylation is 1. The van der Waals surface area contributed by atoms with Gasteiger partial charge in [0.05, 0.1) is 17.5 Å². The van der Waals surface area contributed by atoms with Crippen LogP contribution in [-0.2, 0) is 15.3 Å². The normalized spacial score (nSPS) is 11.7. The van der Waals surface area contributed by atoms with Gasteiger partial charge < -0.3 is 19.5 Å². The Hall–Kier alpha value is -2.55. The predicted octanol–water partition coefficient (Wildman–Crippen LogP) is 2.35. The Bertz CT molecular complexity index is 794. The SMILES string of the molecule is CCC(NC(=O)CSCc1noc(C)n1)c1ccccc1OCC(=O)N(C)C. The van der Waals surface area contributed by atoms with Gasteiger partial charge in [0.2, 0.25) is 11.8 Å². The zero-order valence-electron chi connectivity index (χ0n) is 16.6. The summed E-state index contributed by atoms with van der Waals surface area (Å²) in [7, 11) is 3.36. The van der Waals surface area contributed by atoms with Crippen LogP contribution in [0, 0.1) is 6.92 Å². The molecule has 0 radical (unpaired) electrons. The summed E-state index contributed by atoms with van der Waals surface area (Å²) in [4.78, 5) is 29.7. The highest BCUT2D eigenvalue weighted by molar-refractivity contribution is 7.99. The molecule has 0 bridgehead atoms. The number of likely N-dealkylation sites (N-methyl/N-ethyl adjacent to an activating group) is 1. The van der Waals surface area contributed by atoms with Crippen molar-refractivity contribution in [3.05, 3.63) is 41.5 Å². The van der Waals surface area contributed by atoms with Gasteiger partial charge in [-0.15, -0.1) is 11.8 Å². The topological polar surface area (TPSA) is 97.6 Å². The molecular formula is C19H26N4O4S. The quantitative estimate of drug-likeness (QED) is 0.647. The molecule has 2 amide bonds. The first-order chi connectivity index (χ1) is 13.4. The molecule has 0 aliphatic rings. The highest BCUT2D eigenvalue weighted by Crippen LogP contribution is 2.27. The monoisotopic (exact) mass is 406 g/mol. The van der Waals surface area contributed by atoms with Crippen LogP contribution in [0.15, 0.2) is 28.8 Å². The molecule has 1 aromatic carbocycles. The lowest BCUT2D eigenvalue weighted by molar-refractivity contribution is -0.130. The van der Waals surface area contributed by atoms with E-state index in [9.17, 15) is 9.59 Å². The molecule has 9 heteroatoms. The molecule has 1 unspecified atom stereocenters. The molecule has 28 heavy (non-hydrogen) atoms. The third kappa shape index (κ3) is 6.56. The van der Waals surface area contributed by atoms with E-state index in [2.05, 4.69) is 15.5 Å². The van der Waals surface area contributed by atoms with Gasteiger partial charge in [-0.05, 0) is 12.5 Å². The van der Waals surface area contributed by atoms with E-state index in [1.807, 2.05) is 25.1 Å². The fourth-order valence-electron chi connectivity index (χ4n) is 2.44. The number of benzene rings is 1. The molecule has 2 rings (SSSR count). The number of nitrogens with zero attached hydrogens (tertiary/aromatic N) is 3. The zero-order valence-corrected chi connectivity index (χ0v) is 17.4. The van der Waals surface area contributed by atoms with E-state index in [1.54, 1.807) is 27.1 Å². The molecule has 0 saturated carbocycles. The minimum atomic E-state index is -0.203. The van der Waals surface area contributed by atoms with Crippen molar-refractivity contribution >= 4 is 23.6 Å². The lowest BCUT2D eigenvalue weighted by Gasteiger charge is -2.21. The van der Waals surface area contributed by atoms with Gasteiger partial charge in [0.25, 0.3) is 5.91 Å². The van der Waals surface area contributed by atoms with Crippen molar-refractivity contribution in [1.29, 1.82) is 0 Å². The molecule has 8 nitrogen and oxygen atoms in total. The summed E-state index contributed by atoms with van der Waals surface area (Å²) >= 11 is 1.42. The van der Waals surface area contributed by atoms with Crippen molar-refractivity contribution < 1.29 is 18.8 Å². The second-order valence-corrected chi connectivity index (χ2v) is 7.35. The lowest BCUT2D eigenvalue weighted by atomic mass is 10.0. The Kier molecular flexibility index (Phi) is 8.31. The van der Waals surface area contributed by atoms with Crippen LogP contribution in [0.1, 0.15) is 36.7 Å². The fourth-order valence-corrected chi connectivity index (χ4v) is 3.11. The van der Waals surface area contributed by atoms with E-state index >= 15 is 0 Å². The molecule has 2 aromatic rings. The van der Waals surface area contributed by atoms with Gasteiger partial charge in [0.1, 0.15) is 5.75 Å². The average molecular weight is 407 g/mol. The van der Waals surface area contributed by atoms with E-state index in [0.717, 1.165) is 5.56 Å². The molecular weight excluding hydrogens is 380 g/mol. The fraction of sp³-hybridized carbons (Fsp3) is 0.474. The van der Waals surface area contributed by atoms with Crippen LogP contribution in [0.2, 0.25) is 0 Å². The molecule has 1 heterocycles. The van der Waals surface area contributed by atoms with Gasteiger partial charge in [-0.25, -0.2) is 0 Å². The van der Waals surface area contributed by atoms with Crippen molar-refractivity contribution in [3.8, 4) is 5.75 Å². The first kappa shape index (κ1) is 21.7. The third-order valence-corrected chi connectivity index (χ3v) is 4.85. The van der Waals surface area contributed by atoms with Crippen molar-refractivity contribution in [2.24, 2.45) is 0 Å². The number of para-hydroxylation sites is 1. The molecule has 0 fully saturated rings. The van der Waals surface area contributed by atoms with Gasteiger partial charge >= 0.3 is 0 Å². The van der Waals surface area contributed by atoms with Gasteiger partial charge in [-0.2, -0.15) is 4.98 Å². The van der Waals surface area contributed by atoms with Crippen molar-refractivity contribution in [3.63, 3.8) is 0 Å². The maximum Gasteiger partial charge on any atom is 0.259 e. The van der Waals surface area contributed by atoms with Crippen molar-refractivity contribution in [2.45, 2.75) is 32.1 Å². The van der Waals surface area contributed by atoms with Crippen LogP contribution in [0.3, 0.4) is 0 Å². The Morgan fingerprint density at radius 3 is 2.71 bits per heavy atom. The summed E-state index contributed by atoms with van der Waals surface area (Å²) in [6.45, 7) is 3.67. The highest BCUT2D eigenvalue weighted by atomic mass is 32.2. The van der Waals surface area contributed by atoms with Gasteiger partial charge in [0.15, 0.2) is 12.4 Å². The number of aromatic nitrogens is 2. The largest absolute Gasteiger partial charge is 0.483 e. The van der Waals surface area contributed by atoms with Crippen LogP contribution < -0.4 is 10.1 Å². The maximum atomic E-state index is 12.4. The first-order valence-corrected chi connectivity index (χ1v) is 10.1. The number of carbonyl (C=O) groups excluding carboxylic acids is 2. The molecule has 0 spiro atoms. The molecule has 0 aliphatic carbocycles. The first-order valence-electron chi connectivity index (χ1n) is 8.98. The lowest BCUT2D eigenvalue weighted by Crippen LogP contribution is -2.31. The molecule has 152 valence electrons. The summed E-state index contributed by atoms with van der Waals surface area (Å²) < 4.78 is 10.6. The predicted molar refractivity (Wildman–Crippen MR) is 107 cm³/mol.